The van der Waals surface area contributed by atoms with Crippen LogP contribution in [0, 0.1) is 23.7 Å². The van der Waals surface area contributed by atoms with Crippen molar-refractivity contribution in [2.45, 2.75) is 134 Å². The Morgan fingerprint density at radius 1 is 1.00 bits per heavy atom. The number of methoxy groups -OCH3 is 2. The van der Waals surface area contributed by atoms with E-state index < -0.39 is 30.2 Å². The van der Waals surface area contributed by atoms with Crippen molar-refractivity contribution in [3.8, 4) is 0 Å². The van der Waals surface area contributed by atoms with Crippen LogP contribution in [0.5, 0.6) is 0 Å². The Bertz CT molecular complexity index is 1590. The molecule has 1 saturated carbocycles. The number of amides is 4. The Morgan fingerprint density at radius 3 is 2.32 bits per heavy atom. The maximum absolute atomic E-state index is 14.4. The number of ether oxygens (including phenoxy) is 2. The third-order valence-electron chi connectivity index (χ3n) is 13.1. The van der Waals surface area contributed by atoms with Gasteiger partial charge >= 0.3 is 0 Å². The molecule has 0 spiro atoms. The van der Waals surface area contributed by atoms with Gasteiger partial charge in [0.15, 0.2) is 0 Å². The van der Waals surface area contributed by atoms with Gasteiger partial charge in [-0.3, -0.25) is 29.2 Å². The lowest BCUT2D eigenvalue weighted by Gasteiger charge is -2.41. The number of aromatic nitrogens is 2. The molecule has 2 unspecified atom stereocenters. The first-order chi connectivity index (χ1) is 26.8. The summed E-state index contributed by atoms with van der Waals surface area (Å²) in [6.07, 6.45) is 6.69. The SMILES string of the molecule is CC[C@H](C)[C@@H]([C@@H](CC(=O)N1CCCC1[C@H](OC)[C@@H](C)C(=O)N[C@@H](Cc1ccccc1)c1cc[nH]n1)OC)N(C)C(=O)C(NC(=O)[C@@H]1[C@H]2CC[C@H](C2)N1C)C(C)C. The highest BCUT2D eigenvalue weighted by Gasteiger charge is 2.49. The quantitative estimate of drug-likeness (QED) is 0.191. The summed E-state index contributed by atoms with van der Waals surface area (Å²) >= 11 is 0. The number of rotatable bonds is 19. The third kappa shape index (κ3) is 9.65. The van der Waals surface area contributed by atoms with E-state index in [0.29, 0.717) is 31.3 Å². The Hall–Kier alpha value is -3.81. The van der Waals surface area contributed by atoms with Crippen molar-refractivity contribution >= 4 is 23.6 Å². The second kappa shape index (κ2) is 19.6. The zero-order chi connectivity index (χ0) is 40.7. The largest absolute Gasteiger partial charge is 0.379 e. The number of aromatic amines is 1. The van der Waals surface area contributed by atoms with E-state index in [1.54, 1.807) is 32.4 Å². The number of nitrogens with zero attached hydrogens (tertiary/aromatic N) is 4. The lowest BCUT2D eigenvalue weighted by atomic mass is 9.89. The lowest BCUT2D eigenvalue weighted by Crippen LogP contribution is -2.60. The van der Waals surface area contributed by atoms with Gasteiger partial charge in [-0.2, -0.15) is 5.10 Å². The minimum Gasteiger partial charge on any atom is -0.379 e. The van der Waals surface area contributed by atoms with E-state index in [2.05, 4.69) is 39.6 Å². The number of nitrogens with one attached hydrogen (secondary N) is 3. The summed E-state index contributed by atoms with van der Waals surface area (Å²) in [5, 5.41) is 13.6. The summed E-state index contributed by atoms with van der Waals surface area (Å²) in [5.74, 6) is -0.912. The molecule has 4 amide bonds. The highest BCUT2D eigenvalue weighted by Crippen LogP contribution is 2.41. The van der Waals surface area contributed by atoms with E-state index in [4.69, 9.17) is 9.47 Å². The fourth-order valence-corrected chi connectivity index (χ4v) is 9.73. The van der Waals surface area contributed by atoms with E-state index >= 15 is 0 Å². The van der Waals surface area contributed by atoms with E-state index in [9.17, 15) is 19.2 Å². The average Bonchev–Trinajstić information content (AvgIpc) is 4.03. The van der Waals surface area contributed by atoms with Crippen LogP contribution >= 0.6 is 0 Å². The van der Waals surface area contributed by atoms with Crippen molar-refractivity contribution in [2.24, 2.45) is 23.7 Å². The molecular weight excluding hydrogens is 711 g/mol. The number of carbonyl (C=O) groups is 4. The van der Waals surface area contributed by atoms with Crippen molar-refractivity contribution in [2.75, 3.05) is 34.9 Å². The summed E-state index contributed by atoms with van der Waals surface area (Å²) in [7, 11) is 6.98. The molecule has 3 fully saturated rings. The van der Waals surface area contributed by atoms with Gasteiger partial charge in [-0.1, -0.05) is 71.4 Å². The van der Waals surface area contributed by atoms with Gasteiger partial charge in [0, 0.05) is 40.1 Å². The number of carbonyl (C=O) groups excluding carboxylic acids is 4. The van der Waals surface area contributed by atoms with Crippen LogP contribution in [0.3, 0.4) is 0 Å². The molecule has 5 rings (SSSR count). The number of fused-ring (bicyclic) bond motifs is 2. The van der Waals surface area contributed by atoms with Crippen LogP contribution in [0.4, 0.5) is 0 Å². The van der Waals surface area contributed by atoms with Crippen LogP contribution in [0.15, 0.2) is 42.6 Å². The van der Waals surface area contributed by atoms with E-state index in [1.807, 2.05) is 69.1 Å². The molecule has 11 atom stereocenters. The molecule has 13 heteroatoms. The van der Waals surface area contributed by atoms with Crippen LogP contribution in [0.1, 0.15) is 96.9 Å². The lowest BCUT2D eigenvalue weighted by molar-refractivity contribution is -0.148. The highest BCUT2D eigenvalue weighted by atomic mass is 16.5. The topological polar surface area (TPSA) is 149 Å². The van der Waals surface area contributed by atoms with Gasteiger partial charge < -0.3 is 29.9 Å². The van der Waals surface area contributed by atoms with Crippen molar-refractivity contribution in [1.29, 1.82) is 0 Å². The van der Waals surface area contributed by atoms with Crippen LogP contribution in [0.2, 0.25) is 0 Å². The number of benzene rings is 1. The maximum Gasteiger partial charge on any atom is 0.245 e. The van der Waals surface area contributed by atoms with E-state index in [0.717, 1.165) is 43.4 Å². The molecular formula is C43H67N7O6. The molecule has 2 bridgehead atoms. The molecule has 56 heavy (non-hydrogen) atoms. The number of H-pyrrole nitrogens is 1. The fraction of sp³-hybridized carbons (Fsp3) is 0.698. The smallest absolute Gasteiger partial charge is 0.245 e. The van der Waals surface area contributed by atoms with Gasteiger partial charge in [0.1, 0.15) is 6.04 Å². The second-order valence-corrected chi connectivity index (χ2v) is 16.9. The van der Waals surface area contributed by atoms with Gasteiger partial charge in [-0.25, -0.2) is 0 Å². The molecule has 2 saturated heterocycles. The molecule has 0 radical (unpaired) electrons. The molecule has 1 aliphatic carbocycles. The maximum atomic E-state index is 14.4. The normalized spacial score (nSPS) is 24.6. The van der Waals surface area contributed by atoms with Gasteiger partial charge in [0.25, 0.3) is 0 Å². The summed E-state index contributed by atoms with van der Waals surface area (Å²) in [6.45, 7) is 10.5. The molecule has 3 N–H and O–H groups in total. The number of piperidine rings is 1. The van der Waals surface area contributed by atoms with Crippen LogP contribution in [-0.2, 0) is 35.1 Å². The molecule has 1 aromatic heterocycles. The molecule has 3 heterocycles. The first-order valence-corrected chi connectivity index (χ1v) is 20.8. The van der Waals surface area contributed by atoms with Crippen molar-refractivity contribution in [1.82, 2.24) is 35.5 Å². The van der Waals surface area contributed by atoms with E-state index in [1.165, 1.54) is 0 Å². The number of hydrogen-bond donors (Lipinski definition) is 3. The van der Waals surface area contributed by atoms with Gasteiger partial charge in [0.2, 0.25) is 23.6 Å². The number of hydrogen-bond acceptors (Lipinski definition) is 8. The standard InChI is InChI=1S/C43H67N7O6/c1-10-27(4)38(49(7)43(54)37(26(2)3)46-42(53)39-30-18-19-31(24-30)48(39)6)35(55-8)25-36(51)50-22-14-17-34(50)40(56-9)28(5)41(52)45-33(32-20-21-44-47-32)23-29-15-12-11-13-16-29/h11-13,15-16,20-21,26-28,30-31,33-35,37-40H,10,14,17-19,22-25H2,1-9H3,(H,44,47)(H,45,52)(H,46,53)/t27-,28+,30-,31+,33-,34?,35+,37?,38-,39-,40+/m0/s1. The Labute approximate surface area is 334 Å². The predicted molar refractivity (Wildman–Crippen MR) is 215 cm³/mol. The van der Waals surface area contributed by atoms with Gasteiger partial charge in [-0.05, 0) is 75.0 Å². The Balaban J connectivity index is 1.27. The van der Waals surface area contributed by atoms with Gasteiger partial charge in [-0.15, -0.1) is 0 Å². The third-order valence-corrected chi connectivity index (χ3v) is 13.1. The van der Waals surface area contributed by atoms with Crippen molar-refractivity contribution in [3.05, 3.63) is 53.9 Å². The van der Waals surface area contributed by atoms with Gasteiger partial charge in [0.05, 0.1) is 54.4 Å². The Kier molecular flexibility index (Phi) is 15.1. The van der Waals surface area contributed by atoms with Crippen molar-refractivity contribution < 1.29 is 28.7 Å². The first kappa shape index (κ1) is 43.3. The highest BCUT2D eigenvalue weighted by molar-refractivity contribution is 5.90. The molecule has 1 aromatic carbocycles. The predicted octanol–water partition coefficient (Wildman–Crippen LogP) is 4.35. The summed E-state index contributed by atoms with van der Waals surface area (Å²) in [6, 6.07) is 10.3. The monoisotopic (exact) mass is 778 g/mol. The minimum absolute atomic E-state index is 0.00470. The van der Waals surface area contributed by atoms with Crippen LogP contribution < -0.4 is 10.6 Å². The summed E-state index contributed by atoms with van der Waals surface area (Å²) in [4.78, 5) is 62.0. The van der Waals surface area contributed by atoms with Crippen LogP contribution in [0.25, 0.3) is 0 Å². The Morgan fingerprint density at radius 2 is 1.73 bits per heavy atom. The number of likely N-dealkylation sites (N-methyl/N-ethyl adjacent to an activating group) is 2. The molecule has 310 valence electrons. The zero-order valence-electron chi connectivity index (χ0n) is 35.1. The molecule has 13 nitrogen and oxygen atoms in total. The van der Waals surface area contributed by atoms with Crippen LogP contribution in [-0.4, -0.2) is 126 Å². The second-order valence-electron chi connectivity index (χ2n) is 16.9. The number of likely N-dealkylation sites (tertiary alicyclic amines) is 2. The summed E-state index contributed by atoms with van der Waals surface area (Å²) < 4.78 is 12.1. The summed E-state index contributed by atoms with van der Waals surface area (Å²) in [5.41, 5.74) is 1.81. The zero-order valence-corrected chi connectivity index (χ0v) is 35.1. The van der Waals surface area contributed by atoms with Crippen molar-refractivity contribution in [3.63, 3.8) is 0 Å². The first-order valence-electron chi connectivity index (χ1n) is 20.8. The minimum atomic E-state index is -0.710. The average molecular weight is 778 g/mol. The molecule has 2 aromatic rings. The molecule has 3 aliphatic rings. The fourth-order valence-electron chi connectivity index (χ4n) is 9.73. The molecule has 2 aliphatic heterocycles. The van der Waals surface area contributed by atoms with E-state index in [-0.39, 0.29) is 60.0 Å².